The van der Waals surface area contributed by atoms with Crippen LogP contribution in [0, 0.1) is 0 Å². The molecule has 0 atom stereocenters. The van der Waals surface area contributed by atoms with E-state index in [1.165, 1.54) is 0 Å². The van der Waals surface area contributed by atoms with Gasteiger partial charge >= 0.3 is 48.2 Å². The van der Waals surface area contributed by atoms with Crippen molar-refractivity contribution in [2.75, 3.05) is 13.2 Å². The minimum atomic E-state index is -11.2. The molecule has 0 fully saturated rings. The Morgan fingerprint density at radius 1 is 1.11 bits per heavy atom. The first kappa shape index (κ1) is 18.5. The summed E-state index contributed by atoms with van der Waals surface area (Å²) in [6.07, 6.45) is 2.52. The normalized spacial score (nSPS) is 20.1. The van der Waals surface area contributed by atoms with Gasteiger partial charge in [0.2, 0.25) is 0 Å². The van der Waals surface area contributed by atoms with E-state index in [2.05, 4.69) is 0 Å². The Hall–Kier alpha value is -0.462. The van der Waals surface area contributed by atoms with Gasteiger partial charge < -0.3 is 4.74 Å². The average molecular weight is 406 g/mol. The van der Waals surface area contributed by atoms with E-state index in [9.17, 15) is 21.7 Å². The van der Waals surface area contributed by atoms with Crippen LogP contribution in [0.1, 0.15) is 33.1 Å². The van der Waals surface area contributed by atoms with Crippen molar-refractivity contribution in [3.63, 3.8) is 0 Å². The van der Waals surface area contributed by atoms with E-state index in [1.807, 2.05) is 13.8 Å². The van der Waals surface area contributed by atoms with Crippen molar-refractivity contribution in [2.45, 2.75) is 33.1 Å². The number of carbonyl (C=O) groups excluding carboxylic acids is 1. The van der Waals surface area contributed by atoms with Crippen LogP contribution in [0.25, 0.3) is 0 Å². The number of ether oxygens (including phenoxy) is 1. The van der Waals surface area contributed by atoms with Gasteiger partial charge in [0.15, 0.2) is 6.54 Å². The van der Waals surface area contributed by atoms with Gasteiger partial charge in [-0.25, -0.2) is 4.79 Å². The van der Waals surface area contributed by atoms with Gasteiger partial charge in [-0.3, -0.25) is 0 Å². The van der Waals surface area contributed by atoms with Crippen LogP contribution < -0.4 is 0 Å². The molecule has 0 spiro atoms. The fourth-order valence-electron chi connectivity index (χ4n) is 1.47. The molecule has 0 bridgehead atoms. The molecule has 1 aliphatic heterocycles. The Kier molecular flexibility index (Phi) is 5.36. The summed E-state index contributed by atoms with van der Waals surface area (Å²) in [5.41, 5.74) is 0. The van der Waals surface area contributed by atoms with Gasteiger partial charge in [-0.1, -0.05) is 0 Å². The standard InChI is InChI=1S/C9H16NO2.6FH.Sb/c1-3-10-8(11)6-5-7-9(10)12-4-2;;;;;;;/h3-7H2,1-2H3;6*1H;/q+1;;;;;;;+5/p-6. The zero-order valence-corrected chi connectivity index (χ0v) is 13.1. The molecule has 1 amide bonds. The molecule has 0 aliphatic carbocycles. The first-order valence-corrected chi connectivity index (χ1v) is 11.4. The van der Waals surface area contributed by atoms with Gasteiger partial charge in [-0.2, -0.15) is 0 Å². The van der Waals surface area contributed by atoms with Crippen LogP contribution in [-0.2, 0) is 9.53 Å². The van der Waals surface area contributed by atoms with Crippen LogP contribution in [-0.4, -0.2) is 49.0 Å². The molecular formula is C9H16F6NO2Sb. The molecule has 0 saturated heterocycles. The van der Waals surface area contributed by atoms with E-state index in [4.69, 9.17) is 4.74 Å². The van der Waals surface area contributed by atoms with Gasteiger partial charge in [0.05, 0.1) is 19.4 Å². The van der Waals surface area contributed by atoms with Crippen molar-refractivity contribution in [1.29, 1.82) is 0 Å². The molecule has 116 valence electrons. The van der Waals surface area contributed by atoms with Crippen LogP contribution in [0.5, 0.6) is 0 Å². The van der Waals surface area contributed by atoms with Crippen LogP contribution in [0.2, 0.25) is 0 Å². The summed E-state index contributed by atoms with van der Waals surface area (Å²) in [6.45, 7) is 5.30. The number of rotatable bonds is 2. The summed E-state index contributed by atoms with van der Waals surface area (Å²) in [6, 6.07) is 0. The molecule has 0 aromatic rings. The molecule has 1 heterocycles. The molecule has 3 nitrogen and oxygen atoms in total. The summed E-state index contributed by atoms with van der Waals surface area (Å²) in [4.78, 5) is 11.3. The summed E-state index contributed by atoms with van der Waals surface area (Å²) in [5, 5.41) is 0. The Morgan fingerprint density at radius 3 is 1.95 bits per heavy atom. The van der Waals surface area contributed by atoms with Crippen molar-refractivity contribution in [2.24, 2.45) is 0 Å². The monoisotopic (exact) mass is 405 g/mol. The van der Waals surface area contributed by atoms with Crippen molar-refractivity contribution < 1.29 is 31.0 Å². The molecule has 0 aromatic heterocycles. The quantitative estimate of drug-likeness (QED) is 0.400. The van der Waals surface area contributed by atoms with E-state index in [0.717, 1.165) is 25.3 Å². The summed E-state index contributed by atoms with van der Waals surface area (Å²) in [5.74, 6) is 1.06. The van der Waals surface area contributed by atoms with Crippen molar-refractivity contribution in [3.05, 3.63) is 0 Å². The number of halogens is 6. The van der Waals surface area contributed by atoms with Crippen LogP contribution in [0.3, 0.4) is 0 Å². The second-order valence-electron chi connectivity index (χ2n) is 3.78. The third-order valence-electron chi connectivity index (χ3n) is 2.01. The van der Waals surface area contributed by atoms with E-state index < -0.39 is 19.5 Å². The SMILES string of the molecule is CCOC1=[N+](CC)C(=O)CCC1.[F][Sb-]([F])([F])([F])([F])[F]. The van der Waals surface area contributed by atoms with E-state index in [-0.39, 0.29) is 5.91 Å². The van der Waals surface area contributed by atoms with Gasteiger partial charge in [-0.05, 0) is 20.3 Å². The Bertz CT molecular complexity index is 363. The summed E-state index contributed by atoms with van der Waals surface area (Å²) < 4.78 is 66.7. The molecule has 0 aromatic carbocycles. The fraction of sp³-hybridized carbons (Fsp3) is 0.778. The molecule has 0 saturated carbocycles. The second-order valence-corrected chi connectivity index (χ2v) is 9.25. The van der Waals surface area contributed by atoms with E-state index >= 15 is 0 Å². The number of nitrogens with zero attached hydrogens (tertiary/aromatic N) is 1. The maximum atomic E-state index is 11.3. The van der Waals surface area contributed by atoms with Gasteiger partial charge in [0, 0.05) is 0 Å². The molecule has 19 heavy (non-hydrogen) atoms. The third kappa shape index (κ3) is 12.3. The van der Waals surface area contributed by atoms with Crippen LogP contribution >= 0.6 is 0 Å². The summed E-state index contributed by atoms with van der Waals surface area (Å²) >= 11 is -11.2. The van der Waals surface area contributed by atoms with Gasteiger partial charge in [-0.15, -0.1) is 4.58 Å². The first-order valence-electron chi connectivity index (χ1n) is 5.60. The zero-order valence-electron chi connectivity index (χ0n) is 10.5. The number of hydrogen-bond acceptors (Lipinski definition) is 2. The molecule has 0 radical (unpaired) electrons. The molecular weight excluding hydrogens is 390 g/mol. The Balaban J connectivity index is 0.000000399. The van der Waals surface area contributed by atoms with Crippen molar-refractivity contribution in [3.8, 4) is 0 Å². The predicted molar refractivity (Wildman–Crippen MR) is 58.7 cm³/mol. The Morgan fingerprint density at radius 2 is 1.58 bits per heavy atom. The van der Waals surface area contributed by atoms with Gasteiger partial charge in [0.25, 0.3) is 0 Å². The average Bonchev–Trinajstić information content (AvgIpc) is 2.13. The van der Waals surface area contributed by atoms with E-state index in [0.29, 0.717) is 13.0 Å². The number of hydrogen-bond donors (Lipinski definition) is 0. The Labute approximate surface area is 109 Å². The summed E-state index contributed by atoms with van der Waals surface area (Å²) in [7, 11) is 0. The van der Waals surface area contributed by atoms with Crippen LogP contribution in [0.15, 0.2) is 0 Å². The predicted octanol–water partition coefficient (Wildman–Crippen LogP) is 3.30. The number of carbonyl (C=O) groups is 1. The van der Waals surface area contributed by atoms with Crippen molar-refractivity contribution in [1.82, 2.24) is 0 Å². The van der Waals surface area contributed by atoms with Crippen molar-refractivity contribution >= 4 is 31.3 Å². The zero-order chi connectivity index (χ0) is 15.4. The van der Waals surface area contributed by atoms with Gasteiger partial charge in [0.1, 0.15) is 0 Å². The fourth-order valence-corrected chi connectivity index (χ4v) is 1.47. The molecule has 10 heteroatoms. The third-order valence-corrected chi connectivity index (χ3v) is 2.01. The number of amides is 1. The molecule has 1 rings (SSSR count). The van der Waals surface area contributed by atoms with E-state index in [1.54, 1.807) is 4.58 Å². The molecule has 1 aliphatic rings. The maximum absolute atomic E-state index is 11.3. The first-order chi connectivity index (χ1) is 8.24. The molecule has 0 unspecified atom stereocenters. The van der Waals surface area contributed by atoms with Crippen LogP contribution in [0.4, 0.5) is 16.9 Å². The molecule has 0 N–H and O–H groups in total. The second kappa shape index (κ2) is 5.50. The minimum absolute atomic E-state index is 0.201. The topological polar surface area (TPSA) is 29.3 Å².